The van der Waals surface area contributed by atoms with E-state index in [4.69, 9.17) is 4.74 Å². The summed E-state index contributed by atoms with van der Waals surface area (Å²) in [5.74, 6) is -1.27. The van der Waals surface area contributed by atoms with Gasteiger partial charge in [-0.2, -0.15) is 0 Å². The van der Waals surface area contributed by atoms with E-state index in [1.54, 1.807) is 36.3 Å². The standard InChI is InChI=1S/C25H32FN3O3/c1-4-28(5-2)15-14-27-24(30)22-20-8-6-7-9-21(20)25(31)29(16-17-32-3)23(22)18-10-12-19(26)13-11-18/h6-13,22-23H,4-5,14-17H2,1-3H3,(H,27,30)/t22-,23-/m1/s1. The zero-order valence-corrected chi connectivity index (χ0v) is 19.0. The van der Waals surface area contributed by atoms with Gasteiger partial charge in [0.1, 0.15) is 5.82 Å². The normalized spacial score (nSPS) is 18.0. The number of carbonyl (C=O) groups is 2. The highest BCUT2D eigenvalue weighted by Crippen LogP contribution is 2.42. The quantitative estimate of drug-likeness (QED) is 0.615. The summed E-state index contributed by atoms with van der Waals surface area (Å²) >= 11 is 0. The molecule has 0 unspecified atom stereocenters. The van der Waals surface area contributed by atoms with Crippen LogP contribution in [-0.2, 0) is 9.53 Å². The van der Waals surface area contributed by atoms with E-state index in [-0.39, 0.29) is 17.6 Å². The molecule has 7 heteroatoms. The Balaban J connectivity index is 2.00. The first-order valence-electron chi connectivity index (χ1n) is 11.2. The van der Waals surface area contributed by atoms with Gasteiger partial charge in [-0.3, -0.25) is 9.59 Å². The molecule has 1 heterocycles. The van der Waals surface area contributed by atoms with Crippen molar-refractivity contribution < 1.29 is 18.7 Å². The van der Waals surface area contributed by atoms with Gasteiger partial charge in [0.2, 0.25) is 5.91 Å². The minimum absolute atomic E-state index is 0.145. The van der Waals surface area contributed by atoms with Crippen molar-refractivity contribution in [3.63, 3.8) is 0 Å². The van der Waals surface area contributed by atoms with Gasteiger partial charge >= 0.3 is 0 Å². The van der Waals surface area contributed by atoms with Crippen LogP contribution in [0.25, 0.3) is 0 Å². The van der Waals surface area contributed by atoms with Crippen molar-refractivity contribution in [1.82, 2.24) is 15.1 Å². The molecule has 2 amide bonds. The molecule has 1 N–H and O–H groups in total. The Morgan fingerprint density at radius 2 is 1.81 bits per heavy atom. The minimum atomic E-state index is -0.608. The fourth-order valence-electron chi connectivity index (χ4n) is 4.33. The maximum absolute atomic E-state index is 13.6. The Hall–Kier alpha value is -2.77. The fourth-order valence-corrected chi connectivity index (χ4v) is 4.33. The van der Waals surface area contributed by atoms with Crippen molar-refractivity contribution in [2.45, 2.75) is 25.8 Å². The van der Waals surface area contributed by atoms with Crippen molar-refractivity contribution in [1.29, 1.82) is 0 Å². The SMILES string of the molecule is CCN(CC)CCNC(=O)[C@@H]1c2ccccc2C(=O)N(CCOC)[C@@H]1c1ccc(F)cc1. The number of nitrogens with zero attached hydrogens (tertiary/aromatic N) is 2. The van der Waals surface area contributed by atoms with Gasteiger partial charge in [-0.1, -0.05) is 44.2 Å². The molecule has 3 rings (SSSR count). The second-order valence-corrected chi connectivity index (χ2v) is 7.87. The summed E-state index contributed by atoms with van der Waals surface area (Å²) in [5, 5.41) is 3.07. The number of benzene rings is 2. The lowest BCUT2D eigenvalue weighted by Gasteiger charge is -2.41. The topological polar surface area (TPSA) is 61.9 Å². The maximum atomic E-state index is 13.6. The lowest BCUT2D eigenvalue weighted by molar-refractivity contribution is -0.124. The van der Waals surface area contributed by atoms with E-state index in [1.807, 2.05) is 12.1 Å². The summed E-state index contributed by atoms with van der Waals surface area (Å²) in [6, 6.07) is 12.7. The van der Waals surface area contributed by atoms with Gasteiger partial charge in [0, 0.05) is 32.3 Å². The van der Waals surface area contributed by atoms with Crippen LogP contribution in [-0.4, -0.2) is 68.1 Å². The highest BCUT2D eigenvalue weighted by Gasteiger charge is 2.43. The maximum Gasteiger partial charge on any atom is 0.254 e. The number of hydrogen-bond acceptors (Lipinski definition) is 4. The highest BCUT2D eigenvalue weighted by atomic mass is 19.1. The summed E-state index contributed by atoms with van der Waals surface area (Å²) in [5.41, 5.74) is 1.93. The Bertz CT molecular complexity index is 915. The number of rotatable bonds is 10. The Kier molecular flexibility index (Phi) is 8.36. The number of carbonyl (C=O) groups excluding carboxylic acids is 2. The summed E-state index contributed by atoms with van der Waals surface area (Å²) in [7, 11) is 1.58. The molecule has 0 radical (unpaired) electrons. The first kappa shape index (κ1) is 23.9. The lowest BCUT2D eigenvalue weighted by Crippen LogP contribution is -2.49. The predicted octanol–water partition coefficient (Wildman–Crippen LogP) is 3.21. The molecule has 0 spiro atoms. The fraction of sp³-hybridized carbons (Fsp3) is 0.440. The zero-order valence-electron chi connectivity index (χ0n) is 19.0. The van der Waals surface area contributed by atoms with E-state index in [9.17, 15) is 14.0 Å². The molecule has 0 aromatic heterocycles. The van der Waals surface area contributed by atoms with Gasteiger partial charge < -0.3 is 19.9 Å². The van der Waals surface area contributed by atoms with E-state index in [0.29, 0.717) is 36.4 Å². The van der Waals surface area contributed by atoms with Crippen LogP contribution >= 0.6 is 0 Å². The van der Waals surface area contributed by atoms with Gasteiger partial charge in [0.05, 0.1) is 18.6 Å². The van der Waals surface area contributed by atoms with E-state index in [1.165, 1.54) is 12.1 Å². The van der Waals surface area contributed by atoms with E-state index in [2.05, 4.69) is 24.1 Å². The molecule has 1 aliphatic rings. The summed E-state index contributed by atoms with van der Waals surface area (Å²) < 4.78 is 18.9. The summed E-state index contributed by atoms with van der Waals surface area (Å²) in [6.07, 6.45) is 0. The second-order valence-electron chi connectivity index (χ2n) is 7.87. The van der Waals surface area contributed by atoms with Gasteiger partial charge in [-0.15, -0.1) is 0 Å². The van der Waals surface area contributed by atoms with Crippen molar-refractivity contribution in [2.24, 2.45) is 0 Å². The third kappa shape index (κ3) is 5.16. The molecule has 0 fully saturated rings. The second kappa shape index (κ2) is 11.2. The first-order chi connectivity index (χ1) is 15.5. The van der Waals surface area contributed by atoms with Crippen LogP contribution < -0.4 is 5.32 Å². The molecule has 2 aromatic rings. The number of ether oxygens (including phenoxy) is 1. The van der Waals surface area contributed by atoms with Crippen LogP contribution in [0.15, 0.2) is 48.5 Å². The average molecular weight is 442 g/mol. The predicted molar refractivity (Wildman–Crippen MR) is 122 cm³/mol. The largest absolute Gasteiger partial charge is 0.383 e. The van der Waals surface area contributed by atoms with Gasteiger partial charge in [0.25, 0.3) is 5.91 Å². The van der Waals surface area contributed by atoms with Gasteiger partial charge in [-0.25, -0.2) is 4.39 Å². The zero-order chi connectivity index (χ0) is 23.1. The number of likely N-dealkylation sites (N-methyl/N-ethyl adjacent to an activating group) is 1. The molecule has 0 saturated heterocycles. The summed E-state index contributed by atoms with van der Waals surface area (Å²) in [4.78, 5) is 30.8. The molecule has 32 heavy (non-hydrogen) atoms. The Morgan fingerprint density at radius 3 is 2.47 bits per heavy atom. The Labute approximate surface area is 189 Å². The number of amides is 2. The van der Waals surface area contributed by atoms with Gasteiger partial charge in [-0.05, 0) is 42.4 Å². The highest BCUT2D eigenvalue weighted by molar-refractivity contribution is 6.01. The minimum Gasteiger partial charge on any atom is -0.383 e. The number of methoxy groups -OCH3 is 1. The number of halogens is 1. The first-order valence-corrected chi connectivity index (χ1v) is 11.2. The van der Waals surface area contributed by atoms with Gasteiger partial charge in [0.15, 0.2) is 0 Å². The number of hydrogen-bond donors (Lipinski definition) is 1. The van der Waals surface area contributed by atoms with Crippen molar-refractivity contribution in [3.05, 3.63) is 71.0 Å². The van der Waals surface area contributed by atoms with Crippen molar-refractivity contribution >= 4 is 11.8 Å². The molecule has 6 nitrogen and oxygen atoms in total. The lowest BCUT2D eigenvalue weighted by atomic mass is 9.79. The molecular weight excluding hydrogens is 409 g/mol. The van der Waals surface area contributed by atoms with E-state index < -0.39 is 12.0 Å². The molecular formula is C25H32FN3O3. The number of fused-ring (bicyclic) bond motifs is 1. The van der Waals surface area contributed by atoms with Crippen LogP contribution in [0.1, 0.15) is 47.3 Å². The van der Waals surface area contributed by atoms with Crippen molar-refractivity contribution in [3.8, 4) is 0 Å². The molecule has 2 aromatic carbocycles. The summed E-state index contributed by atoms with van der Waals surface area (Å²) in [6.45, 7) is 7.93. The molecule has 2 atom stereocenters. The van der Waals surface area contributed by atoms with Crippen LogP contribution in [0, 0.1) is 5.82 Å². The molecule has 0 saturated carbocycles. The Morgan fingerprint density at radius 1 is 1.12 bits per heavy atom. The smallest absolute Gasteiger partial charge is 0.254 e. The molecule has 0 aliphatic carbocycles. The van der Waals surface area contributed by atoms with Crippen LogP contribution in [0.5, 0.6) is 0 Å². The number of nitrogens with one attached hydrogen (secondary N) is 1. The third-order valence-corrected chi connectivity index (χ3v) is 6.09. The third-order valence-electron chi connectivity index (χ3n) is 6.09. The average Bonchev–Trinajstić information content (AvgIpc) is 2.81. The van der Waals surface area contributed by atoms with Crippen LogP contribution in [0.3, 0.4) is 0 Å². The van der Waals surface area contributed by atoms with Crippen LogP contribution in [0.2, 0.25) is 0 Å². The van der Waals surface area contributed by atoms with Crippen LogP contribution in [0.4, 0.5) is 4.39 Å². The molecule has 1 aliphatic heterocycles. The van der Waals surface area contributed by atoms with E-state index in [0.717, 1.165) is 19.6 Å². The monoisotopic (exact) mass is 441 g/mol. The van der Waals surface area contributed by atoms with E-state index >= 15 is 0 Å². The molecule has 0 bridgehead atoms. The van der Waals surface area contributed by atoms with Crippen molar-refractivity contribution in [2.75, 3.05) is 46.4 Å². The molecule has 172 valence electrons.